The van der Waals surface area contributed by atoms with Gasteiger partial charge >= 0.3 is 5.97 Å². The average molecular weight is 282 g/mol. The zero-order valence-electron chi connectivity index (χ0n) is 11.4. The minimum absolute atomic E-state index is 0.0225. The van der Waals surface area contributed by atoms with Crippen LogP contribution in [0.1, 0.15) is 55.5 Å². The fraction of sp³-hybridized carbons (Fsp3) is 0.714. The highest BCUT2D eigenvalue weighted by Crippen LogP contribution is 2.26. The Morgan fingerprint density at radius 1 is 1.32 bits per heavy atom. The molecular weight excluding hydrogens is 260 g/mol. The van der Waals surface area contributed by atoms with Crippen molar-refractivity contribution in [3.8, 4) is 0 Å². The SMILES string of the molecule is Cc1sc(NC2CCCCCCC2)nc1CC(=O)O. The Hall–Kier alpha value is -1.10. The molecule has 0 spiro atoms. The number of aryl methyl sites for hydroxylation is 1. The molecule has 1 aromatic rings. The number of aromatic nitrogens is 1. The molecule has 0 amide bonds. The summed E-state index contributed by atoms with van der Waals surface area (Å²) in [6.07, 6.45) is 9.02. The Kier molecular flexibility index (Phi) is 5.19. The minimum Gasteiger partial charge on any atom is -0.481 e. The van der Waals surface area contributed by atoms with Gasteiger partial charge in [-0.1, -0.05) is 32.1 Å². The largest absolute Gasteiger partial charge is 0.481 e. The van der Waals surface area contributed by atoms with E-state index in [0.29, 0.717) is 11.7 Å². The van der Waals surface area contributed by atoms with Crippen LogP contribution in [0.3, 0.4) is 0 Å². The van der Waals surface area contributed by atoms with Crippen LogP contribution in [0.2, 0.25) is 0 Å². The first kappa shape index (κ1) is 14.3. The predicted octanol–water partition coefficient (Wildman–Crippen LogP) is 3.60. The first-order valence-electron chi connectivity index (χ1n) is 7.10. The molecule has 2 N–H and O–H groups in total. The maximum absolute atomic E-state index is 10.7. The third kappa shape index (κ3) is 4.49. The van der Waals surface area contributed by atoms with Crippen molar-refractivity contribution in [1.29, 1.82) is 0 Å². The summed E-state index contributed by atoms with van der Waals surface area (Å²) in [6, 6.07) is 0.503. The van der Waals surface area contributed by atoms with Crippen molar-refractivity contribution >= 4 is 22.4 Å². The van der Waals surface area contributed by atoms with Gasteiger partial charge in [0.25, 0.3) is 0 Å². The lowest BCUT2D eigenvalue weighted by Gasteiger charge is -2.20. The van der Waals surface area contributed by atoms with Crippen LogP contribution < -0.4 is 5.32 Å². The molecule has 0 unspecified atom stereocenters. The molecule has 0 aliphatic heterocycles. The van der Waals surface area contributed by atoms with Gasteiger partial charge in [-0.15, -0.1) is 11.3 Å². The topological polar surface area (TPSA) is 62.2 Å². The van der Waals surface area contributed by atoms with Crippen molar-refractivity contribution in [3.63, 3.8) is 0 Å². The van der Waals surface area contributed by atoms with Crippen LogP contribution in [0, 0.1) is 6.92 Å². The van der Waals surface area contributed by atoms with E-state index in [9.17, 15) is 4.79 Å². The zero-order valence-corrected chi connectivity index (χ0v) is 12.3. The van der Waals surface area contributed by atoms with Crippen molar-refractivity contribution in [2.75, 3.05) is 5.32 Å². The van der Waals surface area contributed by atoms with E-state index >= 15 is 0 Å². The molecule has 1 heterocycles. The molecule has 0 aromatic carbocycles. The zero-order chi connectivity index (χ0) is 13.7. The van der Waals surface area contributed by atoms with E-state index in [1.807, 2.05) is 6.92 Å². The molecule has 1 aliphatic rings. The minimum atomic E-state index is -0.814. The van der Waals surface area contributed by atoms with Gasteiger partial charge in [0.2, 0.25) is 0 Å². The fourth-order valence-corrected chi connectivity index (χ4v) is 3.48. The van der Waals surface area contributed by atoms with Crippen LogP contribution in [0.25, 0.3) is 0 Å². The average Bonchev–Trinajstić information content (AvgIpc) is 2.62. The van der Waals surface area contributed by atoms with E-state index in [1.54, 1.807) is 11.3 Å². The van der Waals surface area contributed by atoms with Gasteiger partial charge in [-0.25, -0.2) is 4.98 Å². The number of hydrogen-bond acceptors (Lipinski definition) is 4. The Bertz CT molecular complexity index is 423. The highest BCUT2D eigenvalue weighted by Gasteiger charge is 2.15. The number of nitrogens with zero attached hydrogens (tertiary/aromatic N) is 1. The number of aliphatic carboxylic acids is 1. The van der Waals surface area contributed by atoms with E-state index in [4.69, 9.17) is 5.11 Å². The molecular formula is C14H22N2O2S. The van der Waals surface area contributed by atoms with Gasteiger partial charge in [0.05, 0.1) is 12.1 Å². The molecule has 1 saturated carbocycles. The first-order chi connectivity index (χ1) is 9.15. The summed E-state index contributed by atoms with van der Waals surface area (Å²) in [5.41, 5.74) is 0.700. The summed E-state index contributed by atoms with van der Waals surface area (Å²) >= 11 is 1.58. The van der Waals surface area contributed by atoms with Crippen molar-refractivity contribution in [2.24, 2.45) is 0 Å². The summed E-state index contributed by atoms with van der Waals surface area (Å²) in [5.74, 6) is -0.814. The Morgan fingerprint density at radius 2 is 1.95 bits per heavy atom. The molecule has 1 aliphatic carbocycles. The Labute approximate surface area is 118 Å². The number of carbonyl (C=O) groups is 1. The van der Waals surface area contributed by atoms with Crippen LogP contribution in [0.4, 0.5) is 5.13 Å². The van der Waals surface area contributed by atoms with Crippen molar-refractivity contribution in [2.45, 2.75) is 64.3 Å². The quantitative estimate of drug-likeness (QED) is 0.885. The number of rotatable bonds is 4. The van der Waals surface area contributed by atoms with Gasteiger partial charge in [-0.3, -0.25) is 4.79 Å². The van der Waals surface area contributed by atoms with Crippen LogP contribution in [-0.2, 0) is 11.2 Å². The predicted molar refractivity (Wildman–Crippen MR) is 77.9 cm³/mol. The van der Waals surface area contributed by atoms with Crippen LogP contribution in [0.15, 0.2) is 0 Å². The third-order valence-corrected chi connectivity index (χ3v) is 4.59. The lowest BCUT2D eigenvalue weighted by atomic mass is 9.97. The Morgan fingerprint density at radius 3 is 2.58 bits per heavy atom. The molecule has 0 saturated heterocycles. The fourth-order valence-electron chi connectivity index (χ4n) is 2.57. The summed E-state index contributed by atoms with van der Waals surface area (Å²) in [7, 11) is 0. The Balaban J connectivity index is 1.95. The number of carboxylic acid groups (broad SMARTS) is 1. The lowest BCUT2D eigenvalue weighted by molar-refractivity contribution is -0.136. The molecule has 4 nitrogen and oxygen atoms in total. The standard InChI is InChI=1S/C14H22N2O2S/c1-10-12(9-13(17)18)16-14(19-10)15-11-7-5-3-2-4-6-8-11/h11H,2-9H2,1H3,(H,15,16)(H,17,18). The molecule has 0 atom stereocenters. The van der Waals surface area contributed by atoms with Gasteiger partial charge in [-0.2, -0.15) is 0 Å². The smallest absolute Gasteiger partial charge is 0.309 e. The second-order valence-electron chi connectivity index (χ2n) is 5.28. The van der Waals surface area contributed by atoms with Crippen molar-refractivity contribution in [3.05, 3.63) is 10.6 Å². The summed E-state index contributed by atoms with van der Waals surface area (Å²) < 4.78 is 0. The van der Waals surface area contributed by atoms with Gasteiger partial charge in [0, 0.05) is 10.9 Å². The number of anilines is 1. The summed E-state index contributed by atoms with van der Waals surface area (Å²) in [6.45, 7) is 1.94. The number of nitrogens with one attached hydrogen (secondary N) is 1. The monoisotopic (exact) mass is 282 g/mol. The number of hydrogen-bond donors (Lipinski definition) is 2. The molecule has 2 rings (SSSR count). The number of thiazole rings is 1. The molecule has 106 valence electrons. The molecule has 0 radical (unpaired) electrons. The molecule has 19 heavy (non-hydrogen) atoms. The molecule has 0 bridgehead atoms. The van der Waals surface area contributed by atoms with Crippen LogP contribution >= 0.6 is 11.3 Å². The second kappa shape index (κ2) is 6.89. The molecule has 1 aromatic heterocycles. The van der Waals surface area contributed by atoms with E-state index in [-0.39, 0.29) is 6.42 Å². The number of carboxylic acids is 1. The molecule has 1 fully saturated rings. The van der Waals surface area contributed by atoms with Gasteiger partial charge < -0.3 is 10.4 Å². The van der Waals surface area contributed by atoms with Crippen LogP contribution in [0.5, 0.6) is 0 Å². The maximum Gasteiger partial charge on any atom is 0.309 e. The van der Waals surface area contributed by atoms with E-state index in [0.717, 1.165) is 10.0 Å². The van der Waals surface area contributed by atoms with Gasteiger partial charge in [0.1, 0.15) is 0 Å². The summed E-state index contributed by atoms with van der Waals surface area (Å²) in [4.78, 5) is 16.2. The van der Waals surface area contributed by atoms with Crippen molar-refractivity contribution < 1.29 is 9.90 Å². The van der Waals surface area contributed by atoms with E-state index in [2.05, 4.69) is 10.3 Å². The van der Waals surface area contributed by atoms with Gasteiger partial charge in [-0.05, 0) is 19.8 Å². The third-order valence-electron chi connectivity index (χ3n) is 3.64. The van der Waals surface area contributed by atoms with E-state index < -0.39 is 5.97 Å². The summed E-state index contributed by atoms with van der Waals surface area (Å²) in [5, 5.41) is 13.2. The second-order valence-corrected chi connectivity index (χ2v) is 6.48. The lowest BCUT2D eigenvalue weighted by Crippen LogP contribution is -2.20. The highest BCUT2D eigenvalue weighted by molar-refractivity contribution is 7.15. The highest BCUT2D eigenvalue weighted by atomic mass is 32.1. The van der Waals surface area contributed by atoms with Gasteiger partial charge in [0.15, 0.2) is 5.13 Å². The van der Waals surface area contributed by atoms with Crippen LogP contribution in [-0.4, -0.2) is 22.1 Å². The van der Waals surface area contributed by atoms with Crippen molar-refractivity contribution in [1.82, 2.24) is 4.98 Å². The first-order valence-corrected chi connectivity index (χ1v) is 7.91. The van der Waals surface area contributed by atoms with E-state index in [1.165, 1.54) is 44.9 Å². The normalized spacial score (nSPS) is 17.7. The maximum atomic E-state index is 10.7. The molecule has 5 heteroatoms.